The number of carbonyl (C=O) groups excluding carboxylic acids is 2. The number of hydrogen-bond donors (Lipinski definition) is 1. The summed E-state index contributed by atoms with van der Waals surface area (Å²) in [4.78, 5) is 24.0. The smallest absolute Gasteiger partial charge is 0.333 e. The third kappa shape index (κ3) is 8.36. The summed E-state index contributed by atoms with van der Waals surface area (Å²) >= 11 is 0. The molecule has 0 bridgehead atoms. The fraction of sp³-hybridized carbons (Fsp3) is 0.250. The van der Waals surface area contributed by atoms with Crippen LogP contribution in [-0.4, -0.2) is 25.1 Å². The fourth-order valence-electron chi connectivity index (χ4n) is 5.38. The van der Waals surface area contributed by atoms with E-state index in [-0.39, 0.29) is 57.9 Å². The summed E-state index contributed by atoms with van der Waals surface area (Å²) in [5.41, 5.74) is 3.26. The maximum atomic E-state index is 15.8. The van der Waals surface area contributed by atoms with E-state index in [0.717, 1.165) is 11.1 Å². The summed E-state index contributed by atoms with van der Waals surface area (Å²) in [6.45, 7) is 16.3. The van der Waals surface area contributed by atoms with Crippen molar-refractivity contribution >= 4 is 25.2 Å². The number of esters is 2. The Balaban J connectivity index is 1.64. The molecular formula is C40H42F2O5Si. The zero-order chi connectivity index (χ0) is 35.2. The van der Waals surface area contributed by atoms with Crippen LogP contribution in [0.3, 0.4) is 0 Å². The molecule has 4 aromatic carbocycles. The topological polar surface area (TPSA) is 72.8 Å². The van der Waals surface area contributed by atoms with E-state index in [2.05, 4.69) is 57.4 Å². The molecule has 0 aliphatic rings. The van der Waals surface area contributed by atoms with Gasteiger partial charge in [-0.1, -0.05) is 118 Å². The number of carbonyl (C=O) groups is 2. The molecular weight excluding hydrogens is 627 g/mol. The Bertz CT molecular complexity index is 1790. The van der Waals surface area contributed by atoms with Crippen LogP contribution in [0.4, 0.5) is 8.78 Å². The number of rotatable bonds is 13. The average molecular weight is 669 g/mol. The summed E-state index contributed by atoms with van der Waals surface area (Å²) < 4.78 is 41.9. The molecule has 0 saturated heterocycles. The van der Waals surface area contributed by atoms with Gasteiger partial charge in [0.1, 0.15) is 19.0 Å². The van der Waals surface area contributed by atoms with E-state index >= 15 is 8.78 Å². The maximum Gasteiger partial charge on any atom is 0.333 e. The molecule has 0 aliphatic heterocycles. The number of hydrogen-bond acceptors (Lipinski definition) is 5. The summed E-state index contributed by atoms with van der Waals surface area (Å²) in [7, 11) is -1.49. The van der Waals surface area contributed by atoms with E-state index < -0.39 is 31.6 Å². The van der Waals surface area contributed by atoms with E-state index in [1.165, 1.54) is 62.2 Å². The maximum absolute atomic E-state index is 15.8. The molecule has 0 spiro atoms. The van der Waals surface area contributed by atoms with Crippen LogP contribution in [0.2, 0.25) is 19.1 Å². The second kappa shape index (κ2) is 15.4. The van der Waals surface area contributed by atoms with Gasteiger partial charge in [0.2, 0.25) is 0 Å². The van der Waals surface area contributed by atoms with Gasteiger partial charge >= 0.3 is 11.9 Å². The summed E-state index contributed by atoms with van der Waals surface area (Å²) in [5, 5.41) is 12.3. The summed E-state index contributed by atoms with van der Waals surface area (Å²) in [6.07, 6.45) is 2.42. The van der Waals surface area contributed by atoms with E-state index in [4.69, 9.17) is 9.47 Å². The molecule has 0 radical (unpaired) electrons. The van der Waals surface area contributed by atoms with Crippen LogP contribution in [0, 0.1) is 11.6 Å². The number of phenols is 1. The second-order valence-corrected chi connectivity index (χ2v) is 17.6. The van der Waals surface area contributed by atoms with E-state index in [1.807, 2.05) is 12.1 Å². The molecule has 250 valence electrons. The van der Waals surface area contributed by atoms with Gasteiger partial charge < -0.3 is 14.6 Å². The van der Waals surface area contributed by atoms with E-state index in [1.54, 1.807) is 12.1 Å². The minimum atomic E-state index is -1.49. The molecule has 4 rings (SSSR count). The van der Waals surface area contributed by atoms with Crippen molar-refractivity contribution in [3.63, 3.8) is 0 Å². The third-order valence-corrected chi connectivity index (χ3v) is 11.9. The van der Waals surface area contributed by atoms with Crippen molar-refractivity contribution in [2.75, 3.05) is 0 Å². The lowest BCUT2D eigenvalue weighted by atomic mass is 9.95. The minimum absolute atomic E-state index is 0.0849. The Kier molecular flexibility index (Phi) is 11.5. The first-order valence-corrected chi connectivity index (χ1v) is 19.1. The molecule has 1 N–H and O–H groups in total. The fourth-order valence-corrected chi connectivity index (χ4v) is 7.98. The van der Waals surface area contributed by atoms with Crippen LogP contribution < -0.4 is 5.19 Å². The van der Waals surface area contributed by atoms with Gasteiger partial charge in [-0.3, -0.25) is 0 Å². The number of unbranched alkanes of at least 4 members (excludes halogenated alkanes) is 1. The molecule has 0 aromatic heterocycles. The van der Waals surface area contributed by atoms with E-state index in [0.29, 0.717) is 5.56 Å². The average Bonchev–Trinajstić information content (AvgIpc) is 3.07. The molecule has 0 atom stereocenters. The van der Waals surface area contributed by atoms with Crippen molar-refractivity contribution in [1.82, 2.24) is 0 Å². The van der Waals surface area contributed by atoms with Gasteiger partial charge in [0, 0.05) is 33.4 Å². The van der Waals surface area contributed by atoms with Crippen LogP contribution in [0.15, 0.2) is 97.1 Å². The SMILES string of the molecule is C=C(C)C(=O)OCc1cc(-c2ccc(-c3ccc(-c4ccc([Si](C)(C)CCCC)cc4)cc3)c(F)c2F)cc(COC(=O)C(=C)C)c1O. The highest BCUT2D eigenvalue weighted by atomic mass is 28.3. The third-order valence-electron chi connectivity index (χ3n) is 8.43. The van der Waals surface area contributed by atoms with Crippen molar-refractivity contribution in [3.8, 4) is 39.1 Å². The number of aromatic hydroxyl groups is 1. The predicted molar refractivity (Wildman–Crippen MR) is 190 cm³/mol. The molecule has 4 aromatic rings. The quantitative estimate of drug-likeness (QED) is 0.0873. The normalized spacial score (nSPS) is 11.2. The Hall–Kier alpha value is -4.82. The lowest BCUT2D eigenvalue weighted by molar-refractivity contribution is -0.140. The molecule has 48 heavy (non-hydrogen) atoms. The van der Waals surface area contributed by atoms with Crippen molar-refractivity contribution < 1.29 is 33.0 Å². The van der Waals surface area contributed by atoms with Gasteiger partial charge in [-0.05, 0) is 48.2 Å². The van der Waals surface area contributed by atoms with Crippen molar-refractivity contribution in [2.45, 2.75) is 66.0 Å². The van der Waals surface area contributed by atoms with Gasteiger partial charge in [0.15, 0.2) is 11.6 Å². The number of halogens is 2. The molecule has 8 heteroatoms. The Morgan fingerprint density at radius 3 is 1.56 bits per heavy atom. The standard InChI is InChI=1S/C40H42F2O5Si/c1-8-9-20-48(6,7)33-16-14-28(15-17-33)27-10-12-29(13-11-27)34-18-19-35(37(42)36(34)41)30-21-31(23-46-39(44)25(2)3)38(43)32(22-30)24-47-40(45)26(4)5/h10-19,21-22,43H,2,4,8-9,20,23-24H2,1,3,5-7H3. The van der Waals surface area contributed by atoms with Gasteiger partial charge in [-0.2, -0.15) is 0 Å². The van der Waals surface area contributed by atoms with Gasteiger partial charge in [0.05, 0.1) is 8.07 Å². The highest BCUT2D eigenvalue weighted by molar-refractivity contribution is 6.89. The first-order valence-electron chi connectivity index (χ1n) is 15.9. The number of benzene rings is 4. The predicted octanol–water partition coefficient (Wildman–Crippen LogP) is 9.63. The largest absolute Gasteiger partial charge is 0.507 e. The van der Waals surface area contributed by atoms with Crippen LogP contribution in [0.5, 0.6) is 5.75 Å². The summed E-state index contributed by atoms with van der Waals surface area (Å²) in [6, 6.07) is 23.0. The van der Waals surface area contributed by atoms with Crippen LogP contribution >= 0.6 is 0 Å². The van der Waals surface area contributed by atoms with Crippen molar-refractivity contribution in [3.05, 3.63) is 120 Å². The molecule has 0 saturated carbocycles. The number of ether oxygens (including phenoxy) is 2. The van der Waals surface area contributed by atoms with Crippen molar-refractivity contribution in [1.29, 1.82) is 0 Å². The highest BCUT2D eigenvalue weighted by Gasteiger charge is 2.23. The van der Waals surface area contributed by atoms with Gasteiger partial charge in [0.25, 0.3) is 0 Å². The van der Waals surface area contributed by atoms with Gasteiger partial charge in [-0.15, -0.1) is 0 Å². The summed E-state index contributed by atoms with van der Waals surface area (Å²) in [5.74, 6) is -3.82. The van der Waals surface area contributed by atoms with E-state index in [9.17, 15) is 14.7 Å². The molecule has 5 nitrogen and oxygen atoms in total. The molecule has 0 unspecified atom stereocenters. The van der Waals surface area contributed by atoms with Crippen molar-refractivity contribution in [2.24, 2.45) is 0 Å². The Morgan fingerprint density at radius 1 is 0.708 bits per heavy atom. The number of phenolic OH excluding ortho intramolecular Hbond substituents is 1. The Labute approximate surface area is 282 Å². The van der Waals surface area contributed by atoms with Crippen LogP contribution in [-0.2, 0) is 32.3 Å². The Morgan fingerprint density at radius 2 is 1.12 bits per heavy atom. The zero-order valence-electron chi connectivity index (χ0n) is 28.2. The lowest BCUT2D eigenvalue weighted by Gasteiger charge is -2.23. The molecule has 0 aliphatic carbocycles. The second-order valence-electron chi connectivity index (χ2n) is 12.8. The first-order chi connectivity index (χ1) is 22.7. The molecule has 0 fully saturated rings. The monoisotopic (exact) mass is 668 g/mol. The minimum Gasteiger partial charge on any atom is -0.507 e. The molecule has 0 heterocycles. The van der Waals surface area contributed by atoms with Crippen LogP contribution in [0.1, 0.15) is 44.7 Å². The van der Waals surface area contributed by atoms with Crippen LogP contribution in [0.25, 0.3) is 33.4 Å². The molecule has 0 amide bonds. The highest BCUT2D eigenvalue weighted by Crippen LogP contribution is 2.36. The first kappa shape index (κ1) is 36.0. The van der Waals surface area contributed by atoms with Gasteiger partial charge in [-0.25, -0.2) is 18.4 Å². The lowest BCUT2D eigenvalue weighted by Crippen LogP contribution is -2.40. The zero-order valence-corrected chi connectivity index (χ0v) is 29.2.